The number of halogens is 1. The maximum Gasteiger partial charge on any atom is 0.303 e. The third-order valence-electron chi connectivity index (χ3n) is 1.39. The fourth-order valence-corrected chi connectivity index (χ4v) is 1.54. The molecule has 0 bridgehead atoms. The van der Waals surface area contributed by atoms with Crippen molar-refractivity contribution in [1.29, 1.82) is 0 Å². The van der Waals surface area contributed by atoms with E-state index in [9.17, 15) is 4.79 Å². The molecule has 0 atom stereocenters. The molecule has 0 unspecified atom stereocenters. The highest BCUT2D eigenvalue weighted by molar-refractivity contribution is 9.10. The van der Waals surface area contributed by atoms with Gasteiger partial charge in [-0.15, -0.1) is 0 Å². The zero-order chi connectivity index (χ0) is 9.84. The summed E-state index contributed by atoms with van der Waals surface area (Å²) in [6, 6.07) is 3.73. The molecule has 0 aliphatic rings. The number of carbonyl (C=O) groups excluding carboxylic acids is 1. The number of pyridine rings is 1. The van der Waals surface area contributed by atoms with Gasteiger partial charge in [0.05, 0.1) is 5.69 Å². The number of carbonyl (C=O) groups is 1. The molecule has 4 heteroatoms. The van der Waals surface area contributed by atoms with Crippen molar-refractivity contribution in [2.24, 2.45) is 0 Å². The Hall–Kier alpha value is -0.900. The zero-order valence-corrected chi connectivity index (χ0v) is 9.09. The van der Waals surface area contributed by atoms with Crippen molar-refractivity contribution in [3.63, 3.8) is 0 Å². The van der Waals surface area contributed by atoms with Gasteiger partial charge in [0.15, 0.2) is 0 Å². The molecule has 1 aromatic heterocycles. The number of hydrogen-bond donors (Lipinski definition) is 0. The van der Waals surface area contributed by atoms with Crippen LogP contribution in [-0.2, 0) is 16.1 Å². The molecule has 0 amide bonds. The standard InChI is InChI=1S/C9H10BrNO2/c1-6-3-8(10)4-9(11-6)5-13-7(2)12/h3-4H,5H2,1-2H3. The van der Waals surface area contributed by atoms with Crippen LogP contribution in [0.25, 0.3) is 0 Å². The maximum absolute atomic E-state index is 10.5. The summed E-state index contributed by atoms with van der Waals surface area (Å²) in [6.07, 6.45) is 0. The topological polar surface area (TPSA) is 39.2 Å². The normalized spacial score (nSPS) is 9.77. The van der Waals surface area contributed by atoms with Crippen molar-refractivity contribution in [3.8, 4) is 0 Å². The molecule has 0 saturated heterocycles. The molecule has 1 heterocycles. The number of esters is 1. The van der Waals surface area contributed by atoms with Gasteiger partial charge in [-0.3, -0.25) is 9.78 Å². The van der Waals surface area contributed by atoms with Crippen LogP contribution in [0.3, 0.4) is 0 Å². The predicted molar refractivity (Wildman–Crippen MR) is 52.1 cm³/mol. The summed E-state index contributed by atoms with van der Waals surface area (Å²) in [4.78, 5) is 14.7. The van der Waals surface area contributed by atoms with Gasteiger partial charge in [0, 0.05) is 17.1 Å². The molecule has 0 N–H and O–H groups in total. The fourth-order valence-electron chi connectivity index (χ4n) is 0.941. The van der Waals surface area contributed by atoms with Crippen LogP contribution < -0.4 is 0 Å². The van der Waals surface area contributed by atoms with Crippen molar-refractivity contribution in [3.05, 3.63) is 28.0 Å². The molecule has 0 aromatic carbocycles. The van der Waals surface area contributed by atoms with E-state index in [4.69, 9.17) is 4.74 Å². The smallest absolute Gasteiger partial charge is 0.303 e. The number of nitrogens with zero attached hydrogens (tertiary/aromatic N) is 1. The SMILES string of the molecule is CC(=O)OCc1cc(Br)cc(C)n1. The van der Waals surface area contributed by atoms with Gasteiger partial charge in [-0.05, 0) is 19.1 Å². The summed E-state index contributed by atoms with van der Waals surface area (Å²) in [6.45, 7) is 3.50. The van der Waals surface area contributed by atoms with E-state index in [0.29, 0.717) is 0 Å². The van der Waals surface area contributed by atoms with E-state index in [-0.39, 0.29) is 12.6 Å². The molecule has 3 nitrogen and oxygen atoms in total. The molecule has 0 aliphatic carbocycles. The van der Waals surface area contributed by atoms with Crippen molar-refractivity contribution in [2.45, 2.75) is 20.5 Å². The van der Waals surface area contributed by atoms with Gasteiger partial charge in [-0.2, -0.15) is 0 Å². The van der Waals surface area contributed by atoms with Crippen LogP contribution in [0.1, 0.15) is 18.3 Å². The van der Waals surface area contributed by atoms with Gasteiger partial charge in [-0.1, -0.05) is 15.9 Å². The first-order valence-corrected chi connectivity index (χ1v) is 4.63. The largest absolute Gasteiger partial charge is 0.459 e. The third kappa shape index (κ3) is 3.55. The first-order chi connectivity index (χ1) is 6.08. The highest BCUT2D eigenvalue weighted by atomic mass is 79.9. The van der Waals surface area contributed by atoms with E-state index in [2.05, 4.69) is 20.9 Å². The Morgan fingerprint density at radius 1 is 1.62 bits per heavy atom. The molecular formula is C9H10BrNO2. The predicted octanol–water partition coefficient (Wildman–Crippen LogP) is 2.22. The third-order valence-corrected chi connectivity index (χ3v) is 1.85. The molecule has 1 rings (SSSR count). The molecular weight excluding hydrogens is 234 g/mol. The van der Waals surface area contributed by atoms with Gasteiger partial charge in [-0.25, -0.2) is 0 Å². The second kappa shape index (κ2) is 4.37. The van der Waals surface area contributed by atoms with Crippen LogP contribution in [0, 0.1) is 6.92 Å². The first kappa shape index (κ1) is 10.2. The Labute approximate surface area is 85.3 Å². The van der Waals surface area contributed by atoms with Crippen molar-refractivity contribution in [2.75, 3.05) is 0 Å². The monoisotopic (exact) mass is 243 g/mol. The summed E-state index contributed by atoms with van der Waals surface area (Å²) in [7, 11) is 0. The number of aryl methyl sites for hydroxylation is 1. The second-order valence-corrected chi connectivity index (χ2v) is 3.61. The van der Waals surface area contributed by atoms with Crippen molar-refractivity contribution < 1.29 is 9.53 Å². The molecule has 0 fully saturated rings. The van der Waals surface area contributed by atoms with Crippen LogP contribution >= 0.6 is 15.9 Å². The summed E-state index contributed by atoms with van der Waals surface area (Å²) in [5.74, 6) is -0.292. The lowest BCUT2D eigenvalue weighted by molar-refractivity contribution is -0.142. The number of rotatable bonds is 2. The highest BCUT2D eigenvalue weighted by Crippen LogP contribution is 2.12. The van der Waals surface area contributed by atoms with Crippen LogP contribution in [-0.4, -0.2) is 11.0 Å². The van der Waals surface area contributed by atoms with Gasteiger partial charge >= 0.3 is 5.97 Å². The van der Waals surface area contributed by atoms with Gasteiger partial charge < -0.3 is 4.74 Å². The minimum absolute atomic E-state index is 0.232. The Balaban J connectivity index is 2.71. The number of hydrogen-bond acceptors (Lipinski definition) is 3. The number of aromatic nitrogens is 1. The second-order valence-electron chi connectivity index (χ2n) is 2.70. The summed E-state index contributed by atoms with van der Waals surface area (Å²) in [5, 5.41) is 0. The summed E-state index contributed by atoms with van der Waals surface area (Å²) >= 11 is 3.34. The maximum atomic E-state index is 10.5. The van der Waals surface area contributed by atoms with E-state index in [0.717, 1.165) is 15.9 Å². The molecule has 0 radical (unpaired) electrons. The average molecular weight is 244 g/mol. The Kier molecular flexibility index (Phi) is 3.42. The number of ether oxygens (including phenoxy) is 1. The quantitative estimate of drug-likeness (QED) is 0.748. The molecule has 13 heavy (non-hydrogen) atoms. The Morgan fingerprint density at radius 2 is 2.31 bits per heavy atom. The molecule has 70 valence electrons. The van der Waals surface area contributed by atoms with Crippen molar-refractivity contribution in [1.82, 2.24) is 4.98 Å². The van der Waals surface area contributed by atoms with E-state index < -0.39 is 0 Å². The van der Waals surface area contributed by atoms with Gasteiger partial charge in [0.1, 0.15) is 6.61 Å². The van der Waals surface area contributed by atoms with Crippen LogP contribution in [0.15, 0.2) is 16.6 Å². The van der Waals surface area contributed by atoms with E-state index in [1.54, 1.807) is 0 Å². The first-order valence-electron chi connectivity index (χ1n) is 3.84. The minimum Gasteiger partial charge on any atom is -0.459 e. The lowest BCUT2D eigenvalue weighted by atomic mass is 10.3. The van der Waals surface area contributed by atoms with E-state index >= 15 is 0 Å². The van der Waals surface area contributed by atoms with Gasteiger partial charge in [0.2, 0.25) is 0 Å². The van der Waals surface area contributed by atoms with Crippen LogP contribution in [0.4, 0.5) is 0 Å². The molecule has 0 aliphatic heterocycles. The minimum atomic E-state index is -0.292. The van der Waals surface area contributed by atoms with E-state index in [1.165, 1.54) is 6.92 Å². The zero-order valence-electron chi connectivity index (χ0n) is 7.50. The molecule has 0 saturated carbocycles. The molecule has 0 spiro atoms. The summed E-state index contributed by atoms with van der Waals surface area (Å²) < 4.78 is 5.76. The van der Waals surface area contributed by atoms with Crippen LogP contribution in [0.2, 0.25) is 0 Å². The Morgan fingerprint density at radius 3 is 2.85 bits per heavy atom. The lowest BCUT2D eigenvalue weighted by Crippen LogP contribution is -2.01. The summed E-state index contributed by atoms with van der Waals surface area (Å²) in [5.41, 5.74) is 1.65. The average Bonchev–Trinajstić information content (AvgIpc) is 1.99. The highest BCUT2D eigenvalue weighted by Gasteiger charge is 2.00. The lowest BCUT2D eigenvalue weighted by Gasteiger charge is -2.03. The van der Waals surface area contributed by atoms with E-state index in [1.807, 2.05) is 19.1 Å². The fraction of sp³-hybridized carbons (Fsp3) is 0.333. The van der Waals surface area contributed by atoms with Gasteiger partial charge in [0.25, 0.3) is 0 Å². The Bertz CT molecular complexity index is 305. The van der Waals surface area contributed by atoms with Crippen molar-refractivity contribution >= 4 is 21.9 Å². The molecule has 1 aromatic rings. The van der Waals surface area contributed by atoms with Crippen LogP contribution in [0.5, 0.6) is 0 Å².